The first-order valence-electron chi connectivity index (χ1n) is 6.80. The first-order chi connectivity index (χ1) is 9.60. The molecule has 106 valence electrons. The highest BCUT2D eigenvalue weighted by Crippen LogP contribution is 2.20. The van der Waals surface area contributed by atoms with Gasteiger partial charge in [-0.2, -0.15) is 0 Å². The molecule has 1 unspecified atom stereocenters. The zero-order valence-corrected chi connectivity index (χ0v) is 12.2. The molecule has 0 aliphatic heterocycles. The maximum atomic E-state index is 6.24. The van der Waals surface area contributed by atoms with Crippen molar-refractivity contribution in [3.8, 4) is 5.88 Å². The Kier molecular flexibility index (Phi) is 4.69. The fraction of sp³-hybridized carbons (Fsp3) is 0.375. The first-order valence-corrected chi connectivity index (χ1v) is 6.80. The largest absolute Gasteiger partial charge is 0.481 e. The summed E-state index contributed by atoms with van der Waals surface area (Å²) in [5, 5.41) is 0. The van der Waals surface area contributed by atoms with Crippen molar-refractivity contribution in [1.82, 2.24) is 9.97 Å². The van der Waals surface area contributed by atoms with Crippen molar-refractivity contribution < 1.29 is 4.74 Å². The van der Waals surface area contributed by atoms with Gasteiger partial charge < -0.3 is 10.5 Å². The van der Waals surface area contributed by atoms with Gasteiger partial charge in [-0.3, -0.25) is 0 Å². The summed E-state index contributed by atoms with van der Waals surface area (Å²) in [6.45, 7) is 4.37. The molecular weight excluding hydrogens is 250 g/mol. The van der Waals surface area contributed by atoms with Gasteiger partial charge in [-0.05, 0) is 17.0 Å². The molecule has 1 heterocycles. The molecule has 4 nitrogen and oxygen atoms in total. The normalized spacial score (nSPS) is 12.4. The molecule has 0 bridgehead atoms. The van der Waals surface area contributed by atoms with E-state index in [1.54, 1.807) is 7.11 Å². The predicted octanol–water partition coefficient (Wildman–Crippen LogP) is 2.85. The zero-order valence-electron chi connectivity index (χ0n) is 12.2. The minimum Gasteiger partial charge on any atom is -0.481 e. The molecule has 0 aliphatic rings. The lowest BCUT2D eigenvalue weighted by atomic mass is 9.97. The summed E-state index contributed by atoms with van der Waals surface area (Å²) in [6.07, 6.45) is 2.17. The van der Waals surface area contributed by atoms with E-state index in [4.69, 9.17) is 10.5 Å². The first kappa shape index (κ1) is 14.5. The van der Waals surface area contributed by atoms with Crippen LogP contribution in [0.4, 0.5) is 0 Å². The molecule has 0 aliphatic carbocycles. The second-order valence-electron chi connectivity index (χ2n) is 5.18. The van der Waals surface area contributed by atoms with Crippen molar-refractivity contribution in [2.45, 2.75) is 32.2 Å². The number of hydrogen-bond acceptors (Lipinski definition) is 4. The van der Waals surface area contributed by atoms with E-state index in [1.165, 1.54) is 11.9 Å². The standard InChI is InChI=1S/C16H21N3O/c1-11(2)12-4-6-13(7-5-12)15(17)8-14-9-16(20-3)19-10-18-14/h4-7,9-11,15H,8,17H2,1-3H3. The van der Waals surface area contributed by atoms with Crippen LogP contribution in [0.3, 0.4) is 0 Å². The van der Waals surface area contributed by atoms with Gasteiger partial charge in [-0.15, -0.1) is 0 Å². The van der Waals surface area contributed by atoms with E-state index >= 15 is 0 Å². The highest BCUT2D eigenvalue weighted by atomic mass is 16.5. The Hall–Kier alpha value is -1.94. The molecular formula is C16H21N3O. The van der Waals surface area contributed by atoms with Crippen LogP contribution < -0.4 is 10.5 Å². The molecule has 1 atom stereocenters. The number of nitrogens with zero attached hydrogens (tertiary/aromatic N) is 2. The van der Waals surface area contributed by atoms with E-state index in [9.17, 15) is 0 Å². The van der Waals surface area contributed by atoms with Crippen LogP contribution in [0.15, 0.2) is 36.7 Å². The Bertz CT molecular complexity index is 552. The van der Waals surface area contributed by atoms with Crippen LogP contribution in [0.25, 0.3) is 0 Å². The number of rotatable bonds is 5. The number of nitrogens with two attached hydrogens (primary N) is 1. The average Bonchev–Trinajstić information content (AvgIpc) is 2.47. The molecule has 20 heavy (non-hydrogen) atoms. The minimum absolute atomic E-state index is 0.0733. The lowest BCUT2D eigenvalue weighted by molar-refractivity contribution is 0.395. The summed E-state index contributed by atoms with van der Waals surface area (Å²) in [5.74, 6) is 1.10. The average molecular weight is 271 g/mol. The fourth-order valence-electron chi connectivity index (χ4n) is 2.07. The third kappa shape index (κ3) is 3.54. The molecule has 0 fully saturated rings. The molecule has 2 N–H and O–H groups in total. The van der Waals surface area contributed by atoms with E-state index in [-0.39, 0.29) is 6.04 Å². The van der Waals surface area contributed by atoms with E-state index < -0.39 is 0 Å². The number of aromatic nitrogens is 2. The van der Waals surface area contributed by atoms with E-state index in [1.807, 2.05) is 6.07 Å². The van der Waals surface area contributed by atoms with E-state index in [0.29, 0.717) is 18.2 Å². The Morgan fingerprint density at radius 1 is 1.10 bits per heavy atom. The number of methoxy groups -OCH3 is 1. The Morgan fingerprint density at radius 2 is 1.75 bits per heavy atom. The number of ether oxygens (including phenoxy) is 1. The quantitative estimate of drug-likeness (QED) is 0.908. The summed E-state index contributed by atoms with van der Waals surface area (Å²) in [5.41, 5.74) is 9.57. The second kappa shape index (κ2) is 6.48. The smallest absolute Gasteiger partial charge is 0.216 e. The zero-order chi connectivity index (χ0) is 14.5. The number of benzene rings is 1. The maximum absolute atomic E-state index is 6.24. The van der Waals surface area contributed by atoms with E-state index in [0.717, 1.165) is 11.3 Å². The number of hydrogen-bond donors (Lipinski definition) is 1. The highest BCUT2D eigenvalue weighted by Gasteiger charge is 2.09. The lowest BCUT2D eigenvalue weighted by Crippen LogP contribution is -2.14. The van der Waals surface area contributed by atoms with Gasteiger partial charge >= 0.3 is 0 Å². The molecule has 2 aromatic rings. The van der Waals surface area contributed by atoms with Gasteiger partial charge in [0, 0.05) is 24.2 Å². The Balaban J connectivity index is 2.08. The van der Waals surface area contributed by atoms with Gasteiger partial charge in [0.15, 0.2) is 0 Å². The van der Waals surface area contributed by atoms with Gasteiger partial charge in [0.25, 0.3) is 0 Å². The van der Waals surface area contributed by atoms with Crippen molar-refractivity contribution >= 4 is 0 Å². The minimum atomic E-state index is -0.0733. The maximum Gasteiger partial charge on any atom is 0.216 e. The molecule has 0 spiro atoms. The van der Waals surface area contributed by atoms with Crippen LogP contribution in [0.2, 0.25) is 0 Å². The summed E-state index contributed by atoms with van der Waals surface area (Å²) in [6, 6.07) is 10.2. The van der Waals surface area contributed by atoms with Gasteiger partial charge in [-0.25, -0.2) is 9.97 Å². The Morgan fingerprint density at radius 3 is 2.35 bits per heavy atom. The molecule has 2 rings (SSSR count). The SMILES string of the molecule is COc1cc(CC(N)c2ccc(C(C)C)cc2)ncn1. The molecule has 1 aromatic carbocycles. The lowest BCUT2D eigenvalue weighted by Gasteiger charge is -2.13. The summed E-state index contributed by atoms with van der Waals surface area (Å²) >= 11 is 0. The predicted molar refractivity (Wildman–Crippen MR) is 79.7 cm³/mol. The Labute approximate surface area is 120 Å². The molecule has 4 heteroatoms. The van der Waals surface area contributed by atoms with Crippen LogP contribution in [0.5, 0.6) is 5.88 Å². The molecule has 0 saturated carbocycles. The summed E-state index contributed by atoms with van der Waals surface area (Å²) in [4.78, 5) is 8.22. The second-order valence-corrected chi connectivity index (χ2v) is 5.18. The fourth-order valence-corrected chi connectivity index (χ4v) is 2.07. The van der Waals surface area contributed by atoms with Crippen LogP contribution >= 0.6 is 0 Å². The summed E-state index contributed by atoms with van der Waals surface area (Å²) in [7, 11) is 1.59. The van der Waals surface area contributed by atoms with Gasteiger partial charge in [0.2, 0.25) is 5.88 Å². The van der Waals surface area contributed by atoms with Crippen LogP contribution in [0.1, 0.15) is 42.6 Å². The topological polar surface area (TPSA) is 61.0 Å². The van der Waals surface area contributed by atoms with Crippen LogP contribution in [-0.4, -0.2) is 17.1 Å². The molecule has 1 aromatic heterocycles. The monoisotopic (exact) mass is 271 g/mol. The third-order valence-electron chi connectivity index (χ3n) is 3.37. The van der Waals surface area contributed by atoms with Crippen molar-refractivity contribution in [2.24, 2.45) is 5.73 Å². The highest BCUT2D eigenvalue weighted by molar-refractivity contribution is 5.28. The third-order valence-corrected chi connectivity index (χ3v) is 3.37. The molecule has 0 radical (unpaired) electrons. The molecule has 0 saturated heterocycles. The van der Waals surface area contributed by atoms with Gasteiger partial charge in [0.1, 0.15) is 6.33 Å². The van der Waals surface area contributed by atoms with Crippen molar-refractivity contribution in [3.63, 3.8) is 0 Å². The van der Waals surface area contributed by atoms with Gasteiger partial charge in [0.05, 0.1) is 7.11 Å². The van der Waals surface area contributed by atoms with Gasteiger partial charge in [-0.1, -0.05) is 38.1 Å². The van der Waals surface area contributed by atoms with Crippen molar-refractivity contribution in [3.05, 3.63) is 53.5 Å². The van der Waals surface area contributed by atoms with E-state index in [2.05, 4.69) is 48.1 Å². The summed E-state index contributed by atoms with van der Waals surface area (Å²) < 4.78 is 5.09. The van der Waals surface area contributed by atoms with Crippen molar-refractivity contribution in [2.75, 3.05) is 7.11 Å². The van der Waals surface area contributed by atoms with Crippen LogP contribution in [-0.2, 0) is 6.42 Å². The van der Waals surface area contributed by atoms with Crippen molar-refractivity contribution in [1.29, 1.82) is 0 Å². The van der Waals surface area contributed by atoms with Crippen LogP contribution in [0, 0.1) is 0 Å². The molecule has 0 amide bonds.